The van der Waals surface area contributed by atoms with Gasteiger partial charge < -0.3 is 4.74 Å². The van der Waals surface area contributed by atoms with Gasteiger partial charge in [-0.15, -0.1) is 0 Å². The fourth-order valence-corrected chi connectivity index (χ4v) is 2.30. The number of carbonyl (C=O) groups is 1. The first-order valence-electron chi connectivity index (χ1n) is 6.16. The molecule has 0 spiro atoms. The molecule has 0 amide bonds. The molecule has 2 aromatic heterocycles. The maximum Gasteiger partial charge on any atom is 0.340 e. The lowest BCUT2D eigenvalue weighted by Crippen LogP contribution is -2.25. The largest absolute Gasteiger partial charge is 0.462 e. The summed E-state index contributed by atoms with van der Waals surface area (Å²) in [7, 11) is 0. The third kappa shape index (κ3) is 1.87. The molecule has 2 aromatic rings. The van der Waals surface area contributed by atoms with E-state index in [-0.39, 0.29) is 12.5 Å². The van der Waals surface area contributed by atoms with Crippen molar-refractivity contribution in [2.75, 3.05) is 6.61 Å². The second kappa shape index (κ2) is 4.11. The maximum atomic E-state index is 11.9. The van der Waals surface area contributed by atoms with Crippen LogP contribution in [-0.2, 0) is 4.74 Å². The summed E-state index contributed by atoms with van der Waals surface area (Å²) in [5.74, 6) is -0.273. The zero-order valence-electron chi connectivity index (χ0n) is 10.4. The Morgan fingerprint density at radius 2 is 2.21 bits per heavy atom. The standard InChI is InChI=1S/C12H13N3O4/c1-2-19-11(17)7-5-15-9(8(7)6-3-4-6)10(16)13-12(18)14-15/h5-6H,2-4H2,1H3,(H2,13,14,16,18). The Kier molecular flexibility index (Phi) is 2.55. The van der Waals surface area contributed by atoms with E-state index < -0.39 is 17.2 Å². The molecule has 1 fully saturated rings. The van der Waals surface area contributed by atoms with Gasteiger partial charge in [0.05, 0.1) is 12.2 Å². The Bertz CT molecular complexity index is 763. The highest BCUT2D eigenvalue weighted by molar-refractivity contribution is 5.94. The third-order valence-corrected chi connectivity index (χ3v) is 3.19. The van der Waals surface area contributed by atoms with E-state index in [1.807, 2.05) is 0 Å². The van der Waals surface area contributed by atoms with E-state index in [0.29, 0.717) is 16.6 Å². The molecule has 3 rings (SSSR count). The molecule has 1 saturated carbocycles. The minimum absolute atomic E-state index is 0.191. The van der Waals surface area contributed by atoms with Gasteiger partial charge in [-0.25, -0.2) is 14.7 Å². The van der Waals surface area contributed by atoms with E-state index in [2.05, 4.69) is 10.1 Å². The van der Waals surface area contributed by atoms with E-state index in [0.717, 1.165) is 12.8 Å². The summed E-state index contributed by atoms with van der Waals surface area (Å²) in [6.07, 6.45) is 3.33. The molecule has 1 aliphatic rings. The molecule has 0 aromatic carbocycles. The summed E-state index contributed by atoms with van der Waals surface area (Å²) < 4.78 is 6.30. The van der Waals surface area contributed by atoms with Gasteiger partial charge in [-0.05, 0) is 25.7 Å². The smallest absolute Gasteiger partial charge is 0.340 e. The van der Waals surface area contributed by atoms with Crippen molar-refractivity contribution < 1.29 is 9.53 Å². The van der Waals surface area contributed by atoms with Crippen molar-refractivity contribution in [3.63, 3.8) is 0 Å². The number of aromatic nitrogens is 3. The highest BCUT2D eigenvalue weighted by atomic mass is 16.5. The molecule has 0 saturated heterocycles. The molecule has 0 aliphatic heterocycles. The van der Waals surface area contributed by atoms with Crippen molar-refractivity contribution in [1.29, 1.82) is 0 Å². The summed E-state index contributed by atoms with van der Waals surface area (Å²) in [4.78, 5) is 37.3. The van der Waals surface area contributed by atoms with Crippen molar-refractivity contribution in [3.05, 3.63) is 38.2 Å². The first kappa shape index (κ1) is 11.8. The number of nitrogens with one attached hydrogen (secondary N) is 2. The van der Waals surface area contributed by atoms with Crippen molar-refractivity contribution in [1.82, 2.24) is 14.6 Å². The monoisotopic (exact) mass is 263 g/mol. The SMILES string of the molecule is CCOC(=O)c1cn2[nH]c(=O)[nH]c(=O)c2c1C1CC1. The predicted molar refractivity (Wildman–Crippen MR) is 66.6 cm³/mol. The number of H-pyrrole nitrogens is 2. The first-order valence-corrected chi connectivity index (χ1v) is 6.16. The van der Waals surface area contributed by atoms with Crippen molar-refractivity contribution >= 4 is 11.5 Å². The van der Waals surface area contributed by atoms with Crippen molar-refractivity contribution in [3.8, 4) is 0 Å². The van der Waals surface area contributed by atoms with Crippen molar-refractivity contribution in [2.24, 2.45) is 0 Å². The number of ether oxygens (including phenoxy) is 1. The van der Waals surface area contributed by atoms with Gasteiger partial charge in [-0.3, -0.25) is 14.3 Å². The summed E-state index contributed by atoms with van der Waals surface area (Å²) in [6, 6.07) is 0. The third-order valence-electron chi connectivity index (χ3n) is 3.19. The molecule has 0 atom stereocenters. The number of fused-ring (bicyclic) bond motifs is 1. The number of nitrogens with zero attached hydrogens (tertiary/aromatic N) is 1. The number of esters is 1. The lowest BCUT2D eigenvalue weighted by molar-refractivity contribution is 0.0525. The van der Waals surface area contributed by atoms with Crippen LogP contribution in [0.1, 0.15) is 41.6 Å². The Morgan fingerprint density at radius 1 is 1.47 bits per heavy atom. The quantitative estimate of drug-likeness (QED) is 0.782. The lowest BCUT2D eigenvalue weighted by atomic mass is 10.1. The van der Waals surface area contributed by atoms with Gasteiger partial charge in [-0.2, -0.15) is 0 Å². The van der Waals surface area contributed by atoms with Crippen LogP contribution >= 0.6 is 0 Å². The number of aromatic amines is 2. The minimum atomic E-state index is -0.606. The predicted octanol–water partition coefficient (Wildman–Crippen LogP) is 0.370. The second-order valence-electron chi connectivity index (χ2n) is 4.56. The van der Waals surface area contributed by atoms with Gasteiger partial charge in [0.1, 0.15) is 5.52 Å². The second-order valence-corrected chi connectivity index (χ2v) is 4.56. The van der Waals surface area contributed by atoms with Gasteiger partial charge in [0.15, 0.2) is 0 Å². The van der Waals surface area contributed by atoms with E-state index in [1.165, 1.54) is 10.7 Å². The Hall–Kier alpha value is -2.31. The van der Waals surface area contributed by atoms with Crippen LogP contribution in [0, 0.1) is 0 Å². The molecule has 1 aliphatic carbocycles. The molecule has 100 valence electrons. The topological polar surface area (TPSA) is 96.4 Å². The molecule has 0 unspecified atom stereocenters. The fraction of sp³-hybridized carbons (Fsp3) is 0.417. The molecule has 2 N–H and O–H groups in total. The van der Waals surface area contributed by atoms with E-state index >= 15 is 0 Å². The van der Waals surface area contributed by atoms with Gasteiger partial charge in [0.25, 0.3) is 5.56 Å². The molecule has 0 bridgehead atoms. The van der Waals surface area contributed by atoms with Crippen LogP contribution in [0.25, 0.3) is 5.52 Å². The van der Waals surface area contributed by atoms with Crippen LogP contribution in [0.5, 0.6) is 0 Å². The highest BCUT2D eigenvalue weighted by Gasteiger charge is 2.33. The summed E-state index contributed by atoms with van der Waals surface area (Å²) >= 11 is 0. The number of hydrogen-bond acceptors (Lipinski definition) is 4. The number of hydrogen-bond donors (Lipinski definition) is 2. The molecule has 19 heavy (non-hydrogen) atoms. The molecule has 0 radical (unpaired) electrons. The van der Waals surface area contributed by atoms with E-state index in [4.69, 9.17) is 4.74 Å². The molecular weight excluding hydrogens is 250 g/mol. The normalized spacial score (nSPS) is 14.8. The van der Waals surface area contributed by atoms with Gasteiger partial charge in [0, 0.05) is 11.8 Å². The van der Waals surface area contributed by atoms with Gasteiger partial charge >= 0.3 is 11.7 Å². The average molecular weight is 263 g/mol. The maximum absolute atomic E-state index is 11.9. The zero-order valence-corrected chi connectivity index (χ0v) is 10.4. The fourth-order valence-electron chi connectivity index (χ4n) is 2.30. The number of rotatable bonds is 3. The van der Waals surface area contributed by atoms with Crippen molar-refractivity contribution in [2.45, 2.75) is 25.7 Å². The Balaban J connectivity index is 2.30. The van der Waals surface area contributed by atoms with Crippen LogP contribution in [0.2, 0.25) is 0 Å². The Labute approximate surface area is 107 Å². The van der Waals surface area contributed by atoms with Crippen LogP contribution < -0.4 is 11.2 Å². The van der Waals surface area contributed by atoms with Gasteiger partial charge in [-0.1, -0.05) is 0 Å². The van der Waals surface area contributed by atoms with Gasteiger partial charge in [0.2, 0.25) is 0 Å². The van der Waals surface area contributed by atoms with E-state index in [9.17, 15) is 14.4 Å². The zero-order chi connectivity index (χ0) is 13.6. The summed E-state index contributed by atoms with van der Waals surface area (Å²) in [5.41, 5.74) is 0.268. The van der Waals surface area contributed by atoms with Crippen LogP contribution in [-0.4, -0.2) is 27.2 Å². The molecule has 7 heteroatoms. The van der Waals surface area contributed by atoms with E-state index in [1.54, 1.807) is 6.92 Å². The number of carbonyl (C=O) groups excluding carboxylic acids is 1. The minimum Gasteiger partial charge on any atom is -0.462 e. The molecule has 2 heterocycles. The Morgan fingerprint density at radius 3 is 2.84 bits per heavy atom. The summed E-state index contributed by atoms with van der Waals surface area (Å²) in [6.45, 7) is 1.99. The van der Waals surface area contributed by atoms with Crippen LogP contribution in [0.15, 0.2) is 15.8 Å². The first-order chi connectivity index (χ1) is 9.11. The lowest BCUT2D eigenvalue weighted by Gasteiger charge is -2.02. The van der Waals surface area contributed by atoms with Crippen LogP contribution in [0.4, 0.5) is 0 Å². The average Bonchev–Trinajstić information content (AvgIpc) is 3.10. The van der Waals surface area contributed by atoms with Crippen LogP contribution in [0.3, 0.4) is 0 Å². The summed E-state index contributed by atoms with van der Waals surface area (Å²) in [5, 5.41) is 2.47. The molecular formula is C12H13N3O4. The molecule has 7 nitrogen and oxygen atoms in total. The highest BCUT2D eigenvalue weighted by Crippen LogP contribution is 2.43.